The van der Waals surface area contributed by atoms with E-state index >= 15 is 0 Å². The topological polar surface area (TPSA) is 103 Å². The average Bonchev–Trinajstić information content (AvgIpc) is 3.85. The summed E-state index contributed by atoms with van der Waals surface area (Å²) in [5.41, 5.74) is -2.93. The fourth-order valence-corrected chi connectivity index (χ4v) is 6.43. The summed E-state index contributed by atoms with van der Waals surface area (Å²) >= 11 is 11.6. The molecule has 2 aromatic heterocycles. The van der Waals surface area contributed by atoms with Crippen LogP contribution in [0.2, 0.25) is 10.0 Å². The van der Waals surface area contributed by atoms with Gasteiger partial charge in [0.1, 0.15) is 13.2 Å². The van der Waals surface area contributed by atoms with Gasteiger partial charge in [-0.1, -0.05) is 30.6 Å². The van der Waals surface area contributed by atoms with E-state index in [1.54, 1.807) is 0 Å². The van der Waals surface area contributed by atoms with Gasteiger partial charge in [-0.15, -0.1) is 0 Å². The number of benzene rings is 4. The first-order valence-corrected chi connectivity index (χ1v) is 19.2. The van der Waals surface area contributed by atoms with E-state index in [0.717, 1.165) is 41.1 Å². The van der Waals surface area contributed by atoms with Crippen molar-refractivity contribution in [1.82, 2.24) is 9.13 Å². The van der Waals surface area contributed by atoms with Gasteiger partial charge in [0.15, 0.2) is 34.8 Å². The van der Waals surface area contributed by atoms with Crippen molar-refractivity contribution in [3.63, 3.8) is 0 Å². The molecule has 0 aliphatic carbocycles. The van der Waals surface area contributed by atoms with Gasteiger partial charge in [-0.3, -0.25) is 9.59 Å². The molecule has 6 rings (SSSR count). The maximum Gasteiger partial charge on any atom is 0.458 e. The standard InChI is InChI=1S/C22H15ClF7NO3.C21H15ClF5NO3.CH4/c23-13-2-4-14(5-3-13)31-8-7-15(21(26,27)22(28,29)30)18(31)11-34-20-16(24)9-12(10-17(20)25)1-6-19(32)33;22-13-2-4-14(5-3-13)28-8-7-15(21(25,26)27)18(28)11-31-20-16(23)9-12(10-17(20)24)1-6-19(29)30;/h2-5,7-10H,1,6,11H2,(H,32,33);2-5,7-10H,1,6,11H2,(H,29,30);1H4. The molecule has 0 amide bonds. The smallest absolute Gasteiger partial charge is 0.458 e. The molecule has 4 aromatic carbocycles. The lowest BCUT2D eigenvalue weighted by molar-refractivity contribution is -0.289. The summed E-state index contributed by atoms with van der Waals surface area (Å²) in [6, 6.07) is 16.2. The number of halogens is 14. The molecule has 0 radical (unpaired) electrons. The first kappa shape index (κ1) is 52.3. The summed E-state index contributed by atoms with van der Waals surface area (Å²) in [7, 11) is 0. The number of carbonyl (C=O) groups is 2. The van der Waals surface area contributed by atoms with E-state index in [-0.39, 0.29) is 54.2 Å². The SMILES string of the molecule is C.O=C(O)CCc1cc(F)c(OCc2c(C(F)(F)C(F)(F)F)ccn2-c2ccc(Cl)cc2)c(F)c1.O=C(O)CCc1cc(F)c(OCc2c(C(F)(F)F)ccn2-c2ccc(Cl)cc2)c(F)c1. The first-order chi connectivity index (χ1) is 30.4. The molecule has 66 heavy (non-hydrogen) atoms. The molecule has 2 N–H and O–H groups in total. The van der Waals surface area contributed by atoms with Gasteiger partial charge in [0.2, 0.25) is 0 Å². The Bertz CT molecular complexity index is 2600. The van der Waals surface area contributed by atoms with Gasteiger partial charge in [0.25, 0.3) is 0 Å². The normalized spacial score (nSPS) is 11.7. The Morgan fingerprint density at radius 3 is 1.20 bits per heavy atom. The number of carboxylic acids is 2. The van der Waals surface area contributed by atoms with Crippen LogP contribution in [0.5, 0.6) is 11.5 Å². The Balaban J connectivity index is 0.000000285. The predicted molar refractivity (Wildman–Crippen MR) is 217 cm³/mol. The van der Waals surface area contributed by atoms with Crippen molar-refractivity contribution in [3.05, 3.63) is 164 Å². The molecule has 6 aromatic rings. The molecule has 0 bridgehead atoms. The van der Waals surface area contributed by atoms with Crippen LogP contribution in [0.4, 0.5) is 52.7 Å². The van der Waals surface area contributed by atoms with E-state index in [0.29, 0.717) is 16.8 Å². The molecule has 0 atom stereocenters. The van der Waals surface area contributed by atoms with Crippen LogP contribution in [0.25, 0.3) is 11.4 Å². The number of aliphatic carboxylic acids is 2. The van der Waals surface area contributed by atoms with Gasteiger partial charge in [-0.2, -0.15) is 35.1 Å². The van der Waals surface area contributed by atoms with Crippen LogP contribution >= 0.6 is 23.2 Å². The number of carboxylic acid groups (broad SMARTS) is 2. The number of nitrogens with zero attached hydrogens (tertiary/aromatic N) is 2. The lowest BCUT2D eigenvalue weighted by atomic mass is 10.1. The summed E-state index contributed by atoms with van der Waals surface area (Å²) in [6.07, 6.45) is -9.56. The maximum absolute atomic E-state index is 14.4. The number of hydrogen-bond acceptors (Lipinski definition) is 4. The second-order valence-corrected chi connectivity index (χ2v) is 14.6. The minimum atomic E-state index is -5.93. The van der Waals surface area contributed by atoms with E-state index in [2.05, 4.69) is 0 Å². The summed E-state index contributed by atoms with van der Waals surface area (Å²) in [4.78, 5) is 21.2. The highest BCUT2D eigenvalue weighted by Crippen LogP contribution is 2.46. The molecular weight excluding hydrogens is 951 g/mol. The van der Waals surface area contributed by atoms with Crippen molar-refractivity contribution < 1.29 is 82.0 Å². The second kappa shape index (κ2) is 21.4. The van der Waals surface area contributed by atoms with E-state index in [9.17, 15) is 62.3 Å². The summed E-state index contributed by atoms with van der Waals surface area (Å²) in [5.74, 6) is -14.3. The van der Waals surface area contributed by atoms with Gasteiger partial charge in [-0.05, 0) is 109 Å². The fraction of sp³-hybridized carbons (Fsp3) is 0.227. The summed E-state index contributed by atoms with van der Waals surface area (Å²) in [6.45, 7) is -1.81. The van der Waals surface area contributed by atoms with Crippen LogP contribution < -0.4 is 9.47 Å². The molecule has 22 heteroatoms. The molecule has 0 spiro atoms. The zero-order chi connectivity index (χ0) is 48.0. The molecule has 0 unspecified atom stereocenters. The second-order valence-electron chi connectivity index (χ2n) is 13.8. The largest absolute Gasteiger partial charge is 0.481 e. The number of alkyl halides is 8. The molecular formula is C44H34Cl2F12N2O6. The van der Waals surface area contributed by atoms with E-state index in [1.807, 2.05) is 0 Å². The van der Waals surface area contributed by atoms with Gasteiger partial charge in [0, 0.05) is 46.7 Å². The third-order valence-corrected chi connectivity index (χ3v) is 9.77. The van der Waals surface area contributed by atoms with Gasteiger partial charge >= 0.3 is 30.2 Å². The first-order valence-electron chi connectivity index (χ1n) is 18.5. The van der Waals surface area contributed by atoms with Crippen molar-refractivity contribution in [3.8, 4) is 22.9 Å². The molecule has 0 saturated carbocycles. The lowest BCUT2D eigenvalue weighted by Crippen LogP contribution is -2.34. The van der Waals surface area contributed by atoms with Gasteiger partial charge < -0.3 is 28.8 Å². The van der Waals surface area contributed by atoms with Crippen LogP contribution in [0.1, 0.15) is 53.9 Å². The van der Waals surface area contributed by atoms with Crippen LogP contribution in [-0.4, -0.2) is 37.5 Å². The van der Waals surface area contributed by atoms with Crippen molar-refractivity contribution in [2.45, 2.75) is 64.6 Å². The minimum absolute atomic E-state index is 0. The predicted octanol–water partition coefficient (Wildman–Crippen LogP) is 13.3. The monoisotopic (exact) mass is 984 g/mol. The van der Waals surface area contributed by atoms with Crippen LogP contribution in [0.15, 0.2) is 97.3 Å². The molecule has 0 fully saturated rings. The van der Waals surface area contributed by atoms with Gasteiger partial charge in [-0.25, -0.2) is 17.6 Å². The quantitative estimate of drug-likeness (QED) is 0.0994. The third kappa shape index (κ3) is 12.7. The number of aromatic nitrogens is 2. The molecule has 0 aliphatic heterocycles. The number of aryl methyl sites for hydroxylation is 2. The highest BCUT2D eigenvalue weighted by Gasteiger charge is 2.60. The Kier molecular flexibility index (Phi) is 16.9. The highest BCUT2D eigenvalue weighted by molar-refractivity contribution is 6.30. The Hall–Kier alpha value is -6.28. The van der Waals surface area contributed by atoms with E-state index in [4.69, 9.17) is 42.9 Å². The highest BCUT2D eigenvalue weighted by atomic mass is 35.5. The number of rotatable bonds is 15. The Labute approximate surface area is 377 Å². The van der Waals surface area contributed by atoms with Crippen molar-refractivity contribution in [2.75, 3.05) is 0 Å². The summed E-state index contributed by atoms with van der Waals surface area (Å²) in [5, 5.41) is 18.0. The minimum Gasteiger partial charge on any atom is -0.481 e. The summed E-state index contributed by atoms with van der Waals surface area (Å²) < 4.78 is 178. The van der Waals surface area contributed by atoms with Crippen molar-refractivity contribution in [1.29, 1.82) is 0 Å². The zero-order valence-corrected chi connectivity index (χ0v) is 34.2. The average molecular weight is 986 g/mol. The zero-order valence-electron chi connectivity index (χ0n) is 32.7. The van der Waals surface area contributed by atoms with Crippen molar-refractivity contribution in [2.24, 2.45) is 0 Å². The molecule has 0 saturated heterocycles. The van der Waals surface area contributed by atoms with Crippen LogP contribution in [-0.2, 0) is 47.7 Å². The lowest BCUT2D eigenvalue weighted by Gasteiger charge is -2.21. The number of ether oxygens (including phenoxy) is 2. The number of hydrogen-bond donors (Lipinski definition) is 2. The Morgan fingerprint density at radius 1 is 0.545 bits per heavy atom. The van der Waals surface area contributed by atoms with Crippen LogP contribution in [0, 0.1) is 23.3 Å². The fourth-order valence-electron chi connectivity index (χ4n) is 6.18. The van der Waals surface area contributed by atoms with Gasteiger partial charge in [0.05, 0.1) is 22.5 Å². The molecule has 0 aliphatic rings. The van der Waals surface area contributed by atoms with E-state index in [1.165, 1.54) is 59.3 Å². The van der Waals surface area contributed by atoms with Crippen molar-refractivity contribution >= 4 is 35.1 Å². The van der Waals surface area contributed by atoms with Crippen LogP contribution in [0.3, 0.4) is 0 Å². The maximum atomic E-state index is 14.4. The Morgan fingerprint density at radius 2 is 0.879 bits per heavy atom. The molecule has 2 heterocycles. The van der Waals surface area contributed by atoms with E-state index < -0.39 is 101 Å². The molecule has 354 valence electrons. The third-order valence-electron chi connectivity index (χ3n) is 9.27. The molecule has 8 nitrogen and oxygen atoms in total.